The lowest BCUT2D eigenvalue weighted by molar-refractivity contribution is -0.117. The molecule has 0 aliphatic heterocycles. The molecule has 0 spiro atoms. The lowest BCUT2D eigenvalue weighted by Crippen LogP contribution is -2.14. The molecule has 14 heavy (non-hydrogen) atoms. The summed E-state index contributed by atoms with van der Waals surface area (Å²) in [5.74, 6) is -0.202. The molecule has 1 rings (SSSR count). The lowest BCUT2D eigenvalue weighted by atomic mass is 10.2. The van der Waals surface area contributed by atoms with Gasteiger partial charge in [0.05, 0.1) is 7.11 Å². The molecule has 1 amide bonds. The topological polar surface area (TPSA) is 29.5 Å². The Balaban J connectivity index is 2.80. The van der Waals surface area contributed by atoms with Gasteiger partial charge in [0.15, 0.2) is 11.6 Å². The molecule has 76 valence electrons. The van der Waals surface area contributed by atoms with E-state index in [0.717, 1.165) is 5.56 Å². The van der Waals surface area contributed by atoms with Crippen LogP contribution in [0.15, 0.2) is 18.2 Å². The van der Waals surface area contributed by atoms with Gasteiger partial charge in [0.25, 0.3) is 0 Å². The van der Waals surface area contributed by atoms with Gasteiger partial charge >= 0.3 is 0 Å². The molecular formula is C10H12FNO2. The van der Waals surface area contributed by atoms with Crippen LogP contribution in [-0.4, -0.2) is 25.5 Å². The van der Waals surface area contributed by atoms with Crippen molar-refractivity contribution in [2.75, 3.05) is 14.2 Å². The highest BCUT2D eigenvalue weighted by atomic mass is 19.1. The van der Waals surface area contributed by atoms with Crippen molar-refractivity contribution in [3.8, 4) is 5.75 Å². The van der Waals surface area contributed by atoms with Crippen molar-refractivity contribution >= 4 is 6.41 Å². The van der Waals surface area contributed by atoms with E-state index in [9.17, 15) is 9.18 Å². The highest BCUT2D eigenvalue weighted by Gasteiger charge is 2.04. The first-order valence-corrected chi connectivity index (χ1v) is 4.15. The summed E-state index contributed by atoms with van der Waals surface area (Å²) in [5, 5.41) is 0. The molecule has 0 heterocycles. The molecule has 1 aromatic carbocycles. The maximum atomic E-state index is 13.2. The molecule has 0 saturated heterocycles. The van der Waals surface area contributed by atoms with Crippen LogP contribution in [0.25, 0.3) is 0 Å². The summed E-state index contributed by atoms with van der Waals surface area (Å²) in [7, 11) is 3.05. The monoisotopic (exact) mass is 197 g/mol. The predicted octanol–water partition coefficient (Wildman–Crippen LogP) is 1.42. The third kappa shape index (κ3) is 2.45. The Bertz CT molecular complexity index is 328. The van der Waals surface area contributed by atoms with E-state index in [2.05, 4.69) is 0 Å². The molecule has 0 unspecified atom stereocenters. The molecule has 3 nitrogen and oxygen atoms in total. The normalized spacial score (nSPS) is 9.64. The predicted molar refractivity (Wildman–Crippen MR) is 50.5 cm³/mol. The van der Waals surface area contributed by atoms with Crippen LogP contribution in [0.3, 0.4) is 0 Å². The van der Waals surface area contributed by atoms with Crippen LogP contribution in [0.5, 0.6) is 5.75 Å². The number of benzene rings is 1. The van der Waals surface area contributed by atoms with Crippen molar-refractivity contribution in [1.29, 1.82) is 0 Å². The third-order valence-corrected chi connectivity index (χ3v) is 1.83. The van der Waals surface area contributed by atoms with Crippen molar-refractivity contribution in [3.05, 3.63) is 29.6 Å². The Morgan fingerprint density at radius 3 is 2.79 bits per heavy atom. The minimum Gasteiger partial charge on any atom is -0.494 e. The highest BCUT2D eigenvalue weighted by Crippen LogP contribution is 2.18. The van der Waals surface area contributed by atoms with Gasteiger partial charge in [-0.05, 0) is 17.7 Å². The van der Waals surface area contributed by atoms with Gasteiger partial charge in [0.2, 0.25) is 6.41 Å². The van der Waals surface area contributed by atoms with Crippen molar-refractivity contribution < 1.29 is 13.9 Å². The zero-order valence-electron chi connectivity index (χ0n) is 8.16. The maximum Gasteiger partial charge on any atom is 0.209 e. The number of halogens is 1. The second-order valence-electron chi connectivity index (χ2n) is 2.99. The molecule has 0 fully saturated rings. The SMILES string of the molecule is COc1ccc(CN(C)C=O)cc1F. The Hall–Kier alpha value is -1.58. The molecule has 0 atom stereocenters. The smallest absolute Gasteiger partial charge is 0.209 e. The molecule has 0 N–H and O–H groups in total. The fourth-order valence-corrected chi connectivity index (χ4v) is 1.13. The van der Waals surface area contributed by atoms with E-state index in [-0.39, 0.29) is 5.75 Å². The van der Waals surface area contributed by atoms with Crippen molar-refractivity contribution in [2.45, 2.75) is 6.54 Å². The highest BCUT2D eigenvalue weighted by molar-refractivity contribution is 5.46. The Morgan fingerprint density at radius 1 is 1.57 bits per heavy atom. The van der Waals surface area contributed by atoms with E-state index < -0.39 is 5.82 Å². The number of methoxy groups -OCH3 is 1. The first-order chi connectivity index (χ1) is 6.67. The van der Waals surface area contributed by atoms with Crippen LogP contribution in [0.2, 0.25) is 0 Å². The molecule has 0 bridgehead atoms. The summed E-state index contributed by atoms with van der Waals surface area (Å²) in [6, 6.07) is 4.63. The number of carbonyl (C=O) groups excluding carboxylic acids is 1. The van der Waals surface area contributed by atoms with Gasteiger partial charge in [-0.1, -0.05) is 6.07 Å². The Kier molecular flexibility index (Phi) is 3.45. The van der Waals surface area contributed by atoms with Gasteiger partial charge < -0.3 is 9.64 Å². The zero-order valence-corrected chi connectivity index (χ0v) is 8.16. The number of hydrogen-bond donors (Lipinski definition) is 0. The molecule has 0 aromatic heterocycles. The minimum absolute atomic E-state index is 0.211. The average molecular weight is 197 g/mol. The number of carbonyl (C=O) groups is 1. The standard InChI is InChI=1S/C10H12FNO2/c1-12(7-13)6-8-3-4-10(14-2)9(11)5-8/h3-5,7H,6H2,1-2H3. The first-order valence-electron chi connectivity index (χ1n) is 4.15. The molecule has 0 saturated carbocycles. The summed E-state index contributed by atoms with van der Waals surface area (Å²) in [6.45, 7) is 0.393. The van der Waals surface area contributed by atoms with Gasteiger partial charge in [-0.15, -0.1) is 0 Å². The van der Waals surface area contributed by atoms with Crippen LogP contribution < -0.4 is 4.74 Å². The average Bonchev–Trinajstić information content (AvgIpc) is 2.18. The van der Waals surface area contributed by atoms with E-state index in [1.54, 1.807) is 19.2 Å². The number of nitrogens with zero attached hydrogens (tertiary/aromatic N) is 1. The fraction of sp³-hybridized carbons (Fsp3) is 0.300. The van der Waals surface area contributed by atoms with Gasteiger partial charge in [-0.2, -0.15) is 0 Å². The number of rotatable bonds is 4. The van der Waals surface area contributed by atoms with Crippen LogP contribution in [0, 0.1) is 5.82 Å². The second kappa shape index (κ2) is 4.60. The molecule has 4 heteroatoms. The molecule has 1 aromatic rings. The van der Waals surface area contributed by atoms with Crippen molar-refractivity contribution in [2.24, 2.45) is 0 Å². The van der Waals surface area contributed by atoms with Gasteiger partial charge in [0.1, 0.15) is 0 Å². The maximum absolute atomic E-state index is 13.2. The van der Waals surface area contributed by atoms with E-state index in [0.29, 0.717) is 13.0 Å². The number of ether oxygens (including phenoxy) is 1. The summed E-state index contributed by atoms with van der Waals surface area (Å²) in [6.07, 6.45) is 0.697. The van der Waals surface area contributed by atoms with Crippen LogP contribution >= 0.6 is 0 Å². The summed E-state index contributed by atoms with van der Waals surface area (Å²) in [5.41, 5.74) is 0.734. The molecule has 0 aliphatic carbocycles. The van der Waals surface area contributed by atoms with E-state index >= 15 is 0 Å². The Labute approximate surface area is 82.1 Å². The summed E-state index contributed by atoms with van der Waals surface area (Å²) in [4.78, 5) is 11.8. The minimum atomic E-state index is -0.413. The van der Waals surface area contributed by atoms with Crippen molar-refractivity contribution in [3.63, 3.8) is 0 Å². The molecular weight excluding hydrogens is 185 g/mol. The van der Waals surface area contributed by atoms with Crippen LogP contribution in [0.1, 0.15) is 5.56 Å². The third-order valence-electron chi connectivity index (χ3n) is 1.83. The summed E-state index contributed by atoms with van der Waals surface area (Å²) >= 11 is 0. The largest absolute Gasteiger partial charge is 0.494 e. The van der Waals surface area contributed by atoms with E-state index in [1.807, 2.05) is 0 Å². The van der Waals surface area contributed by atoms with E-state index in [4.69, 9.17) is 4.74 Å². The van der Waals surface area contributed by atoms with Gasteiger partial charge in [-0.3, -0.25) is 4.79 Å². The fourth-order valence-electron chi connectivity index (χ4n) is 1.13. The number of hydrogen-bond acceptors (Lipinski definition) is 2. The van der Waals surface area contributed by atoms with Crippen LogP contribution in [-0.2, 0) is 11.3 Å². The summed E-state index contributed by atoms with van der Waals surface area (Å²) < 4.78 is 17.9. The van der Waals surface area contributed by atoms with Gasteiger partial charge in [0, 0.05) is 13.6 Å². The first kappa shape index (κ1) is 10.5. The molecule has 0 aliphatic rings. The zero-order chi connectivity index (χ0) is 10.6. The van der Waals surface area contributed by atoms with Gasteiger partial charge in [-0.25, -0.2) is 4.39 Å². The number of amides is 1. The molecule has 0 radical (unpaired) electrons. The second-order valence-corrected chi connectivity index (χ2v) is 2.99. The van der Waals surface area contributed by atoms with E-state index in [1.165, 1.54) is 18.1 Å². The quantitative estimate of drug-likeness (QED) is 0.683. The lowest BCUT2D eigenvalue weighted by Gasteiger charge is -2.11. The van der Waals surface area contributed by atoms with Crippen LogP contribution in [0.4, 0.5) is 4.39 Å². The van der Waals surface area contributed by atoms with Crippen molar-refractivity contribution in [1.82, 2.24) is 4.90 Å². The Morgan fingerprint density at radius 2 is 2.29 bits per heavy atom.